The van der Waals surface area contributed by atoms with Crippen molar-refractivity contribution in [2.75, 3.05) is 19.8 Å². The summed E-state index contributed by atoms with van der Waals surface area (Å²) in [6, 6.07) is 7.29. The van der Waals surface area contributed by atoms with Gasteiger partial charge < -0.3 is 5.11 Å². The zero-order valence-electron chi connectivity index (χ0n) is 12.0. The first kappa shape index (κ1) is 15.6. The molecule has 0 spiro atoms. The molecule has 0 bridgehead atoms. The number of para-hydroxylation sites is 1. The summed E-state index contributed by atoms with van der Waals surface area (Å²) in [5.41, 5.74) is 2.05. The summed E-state index contributed by atoms with van der Waals surface area (Å²) >= 11 is 0. The van der Waals surface area contributed by atoms with Gasteiger partial charge in [0, 0.05) is 26.1 Å². The summed E-state index contributed by atoms with van der Waals surface area (Å²) in [4.78, 5) is 0. The minimum Gasteiger partial charge on any atom is -0.392 e. The summed E-state index contributed by atoms with van der Waals surface area (Å²) < 4.78 is 26.2. The molecule has 114 valence electrons. The van der Waals surface area contributed by atoms with Crippen molar-refractivity contribution in [3.63, 3.8) is 0 Å². The zero-order valence-corrected chi connectivity index (χ0v) is 12.8. The average Bonchev–Trinajstić information content (AvgIpc) is 2.94. The zero-order chi connectivity index (χ0) is 15.5. The number of sulfonamides is 1. The maximum Gasteiger partial charge on any atom is 0.213 e. The Kier molecular flexibility index (Phi) is 4.71. The van der Waals surface area contributed by atoms with Crippen molar-refractivity contribution in [3.05, 3.63) is 41.7 Å². The molecule has 2 rings (SSSR count). The average molecular weight is 310 g/mol. The van der Waals surface area contributed by atoms with Crippen LogP contribution in [0.1, 0.15) is 11.3 Å². The minimum absolute atomic E-state index is 0.0136. The molecule has 0 amide bonds. The van der Waals surface area contributed by atoms with Crippen LogP contribution in [0.2, 0.25) is 0 Å². The van der Waals surface area contributed by atoms with E-state index >= 15 is 0 Å². The van der Waals surface area contributed by atoms with Gasteiger partial charge in [0.2, 0.25) is 10.0 Å². The van der Waals surface area contributed by atoms with Gasteiger partial charge in [0.15, 0.2) is 0 Å². The summed E-state index contributed by atoms with van der Waals surface area (Å²) in [6.07, 6.45) is 1.97. The standard InChI is InChI=1S/C13H18N4O3S/c1-16(2)21(19,20)8-7-12-9-17(15-14-12)13-6-4-3-5-11(13)10-18/h3-6,9,18H,7-8,10H2,1-2H3. The fourth-order valence-corrected chi connectivity index (χ4v) is 2.65. The smallest absolute Gasteiger partial charge is 0.213 e. The molecule has 8 heteroatoms. The highest BCUT2D eigenvalue weighted by Crippen LogP contribution is 2.14. The van der Waals surface area contributed by atoms with Crippen LogP contribution in [0.25, 0.3) is 5.69 Å². The SMILES string of the molecule is CN(C)S(=O)(=O)CCc1cn(-c2ccccc2CO)nn1. The maximum absolute atomic E-state index is 11.7. The number of aryl methyl sites for hydroxylation is 1. The number of benzene rings is 1. The van der Waals surface area contributed by atoms with Crippen LogP contribution in [0.3, 0.4) is 0 Å². The summed E-state index contributed by atoms with van der Waals surface area (Å²) in [5, 5.41) is 17.3. The Bertz CT molecular complexity index is 710. The van der Waals surface area contributed by atoms with Crippen molar-refractivity contribution in [1.82, 2.24) is 19.3 Å². The third kappa shape index (κ3) is 3.66. The van der Waals surface area contributed by atoms with Gasteiger partial charge in [-0.3, -0.25) is 0 Å². The van der Waals surface area contributed by atoms with Crippen LogP contribution in [-0.2, 0) is 23.1 Å². The van der Waals surface area contributed by atoms with Gasteiger partial charge in [-0.15, -0.1) is 5.10 Å². The lowest BCUT2D eigenvalue weighted by Gasteiger charge is -2.09. The van der Waals surface area contributed by atoms with Crippen LogP contribution in [0, 0.1) is 0 Å². The normalized spacial score (nSPS) is 12.0. The van der Waals surface area contributed by atoms with Crippen molar-refractivity contribution in [2.45, 2.75) is 13.0 Å². The molecule has 1 aromatic carbocycles. The molecule has 0 aliphatic carbocycles. The van der Waals surface area contributed by atoms with Crippen molar-refractivity contribution < 1.29 is 13.5 Å². The maximum atomic E-state index is 11.7. The van der Waals surface area contributed by atoms with E-state index in [-0.39, 0.29) is 12.4 Å². The third-order valence-electron chi connectivity index (χ3n) is 3.12. The highest BCUT2D eigenvalue weighted by atomic mass is 32.2. The van der Waals surface area contributed by atoms with Crippen molar-refractivity contribution in [1.29, 1.82) is 0 Å². The quantitative estimate of drug-likeness (QED) is 0.823. The lowest BCUT2D eigenvalue weighted by molar-refractivity contribution is 0.281. The molecule has 0 fully saturated rings. The molecule has 0 radical (unpaired) electrons. The Labute approximate surface area is 123 Å². The Balaban J connectivity index is 2.15. The number of hydrogen-bond donors (Lipinski definition) is 1. The molecule has 2 aromatic rings. The molecule has 0 aliphatic heterocycles. The van der Waals surface area contributed by atoms with Crippen LogP contribution >= 0.6 is 0 Å². The molecule has 1 N–H and O–H groups in total. The molecular formula is C13H18N4O3S. The lowest BCUT2D eigenvalue weighted by atomic mass is 10.2. The monoisotopic (exact) mass is 310 g/mol. The first-order valence-electron chi connectivity index (χ1n) is 6.44. The van der Waals surface area contributed by atoms with Crippen LogP contribution in [-0.4, -0.2) is 52.7 Å². The van der Waals surface area contributed by atoms with Crippen LogP contribution in [0.5, 0.6) is 0 Å². The van der Waals surface area contributed by atoms with Gasteiger partial charge >= 0.3 is 0 Å². The topological polar surface area (TPSA) is 88.3 Å². The Morgan fingerprint density at radius 2 is 2.00 bits per heavy atom. The van der Waals surface area contributed by atoms with Gasteiger partial charge in [-0.25, -0.2) is 17.4 Å². The second kappa shape index (κ2) is 6.33. The largest absolute Gasteiger partial charge is 0.392 e. The Morgan fingerprint density at radius 3 is 2.67 bits per heavy atom. The van der Waals surface area contributed by atoms with Crippen LogP contribution in [0.4, 0.5) is 0 Å². The van der Waals surface area contributed by atoms with E-state index in [9.17, 15) is 13.5 Å². The summed E-state index contributed by atoms with van der Waals surface area (Å²) in [6.45, 7) is -0.0968. The molecule has 21 heavy (non-hydrogen) atoms. The molecule has 1 aromatic heterocycles. The van der Waals surface area contributed by atoms with Crippen molar-refractivity contribution >= 4 is 10.0 Å². The first-order chi connectivity index (χ1) is 9.94. The molecular weight excluding hydrogens is 292 g/mol. The molecule has 0 saturated carbocycles. The lowest BCUT2D eigenvalue weighted by Crippen LogP contribution is -2.26. The van der Waals surface area contributed by atoms with Crippen LogP contribution in [0.15, 0.2) is 30.5 Å². The molecule has 0 aliphatic rings. The second-order valence-corrected chi connectivity index (χ2v) is 7.09. The Hall–Kier alpha value is -1.77. The van der Waals surface area contributed by atoms with Crippen LogP contribution < -0.4 is 0 Å². The molecule has 1 heterocycles. The number of aliphatic hydroxyl groups is 1. The highest BCUT2D eigenvalue weighted by molar-refractivity contribution is 7.89. The summed E-state index contributed by atoms with van der Waals surface area (Å²) in [5.74, 6) is -0.0136. The highest BCUT2D eigenvalue weighted by Gasteiger charge is 2.15. The van der Waals surface area contributed by atoms with Gasteiger partial charge in [0.25, 0.3) is 0 Å². The number of aliphatic hydroxyl groups excluding tert-OH is 1. The van der Waals surface area contributed by atoms with Gasteiger partial charge in [0.05, 0.1) is 29.9 Å². The van der Waals surface area contributed by atoms with Crippen molar-refractivity contribution in [3.8, 4) is 5.69 Å². The molecule has 0 unspecified atom stereocenters. The number of nitrogens with zero attached hydrogens (tertiary/aromatic N) is 4. The van der Waals surface area contributed by atoms with E-state index in [0.29, 0.717) is 12.1 Å². The van der Waals surface area contributed by atoms with E-state index in [4.69, 9.17) is 0 Å². The molecule has 0 saturated heterocycles. The predicted molar refractivity (Wildman–Crippen MR) is 78.5 cm³/mol. The van der Waals surface area contributed by atoms with E-state index in [1.54, 1.807) is 16.9 Å². The molecule has 7 nitrogen and oxygen atoms in total. The number of rotatable bonds is 6. The van der Waals surface area contributed by atoms with E-state index in [2.05, 4.69) is 10.3 Å². The molecule has 0 atom stereocenters. The third-order valence-corrected chi connectivity index (χ3v) is 4.95. The predicted octanol–water partition coefficient (Wildman–Crippen LogP) is 0.193. The van der Waals surface area contributed by atoms with E-state index in [1.807, 2.05) is 18.2 Å². The van der Waals surface area contributed by atoms with Gasteiger partial charge in [0.1, 0.15) is 0 Å². The fraction of sp³-hybridized carbons (Fsp3) is 0.385. The Morgan fingerprint density at radius 1 is 1.29 bits per heavy atom. The minimum atomic E-state index is -3.25. The van der Waals surface area contributed by atoms with Gasteiger partial charge in [-0.05, 0) is 6.07 Å². The fourth-order valence-electron chi connectivity index (χ4n) is 1.81. The van der Waals surface area contributed by atoms with E-state index < -0.39 is 10.0 Å². The first-order valence-corrected chi connectivity index (χ1v) is 8.05. The second-order valence-electron chi connectivity index (χ2n) is 4.79. The summed E-state index contributed by atoms with van der Waals surface area (Å²) in [7, 11) is -0.241. The van der Waals surface area contributed by atoms with E-state index in [0.717, 1.165) is 11.3 Å². The van der Waals surface area contributed by atoms with Crippen molar-refractivity contribution in [2.24, 2.45) is 0 Å². The number of hydrogen-bond acceptors (Lipinski definition) is 5. The number of aromatic nitrogens is 3. The van der Waals surface area contributed by atoms with Gasteiger partial charge in [-0.1, -0.05) is 23.4 Å². The van der Waals surface area contributed by atoms with Gasteiger partial charge in [-0.2, -0.15) is 0 Å². The van der Waals surface area contributed by atoms with E-state index in [1.165, 1.54) is 18.4 Å².